The van der Waals surface area contributed by atoms with Gasteiger partial charge >= 0.3 is 5.97 Å². The van der Waals surface area contributed by atoms with Gasteiger partial charge in [-0.25, -0.2) is 4.79 Å². The molecule has 0 unspecified atom stereocenters. The first-order valence-corrected chi connectivity index (χ1v) is 8.92. The molecule has 0 aromatic heterocycles. The number of esters is 1. The van der Waals surface area contributed by atoms with Crippen molar-refractivity contribution in [1.82, 2.24) is 0 Å². The third-order valence-electron chi connectivity index (χ3n) is 3.52. The molecule has 25 heavy (non-hydrogen) atoms. The molecule has 0 N–H and O–H groups in total. The number of rotatable bonds is 5. The van der Waals surface area contributed by atoms with Gasteiger partial charge in [0.05, 0.1) is 11.4 Å². The van der Waals surface area contributed by atoms with Crippen molar-refractivity contribution in [3.63, 3.8) is 0 Å². The fourth-order valence-corrected chi connectivity index (χ4v) is 3.64. The molecule has 0 saturated carbocycles. The molecule has 1 amide bonds. The van der Waals surface area contributed by atoms with E-state index in [2.05, 4.69) is 0 Å². The summed E-state index contributed by atoms with van der Waals surface area (Å²) in [7, 11) is 0. The van der Waals surface area contributed by atoms with E-state index in [1.165, 1.54) is 0 Å². The number of para-hydroxylation sites is 1. The smallest absolute Gasteiger partial charge is 0.332 e. The minimum atomic E-state index is -0.568. The van der Waals surface area contributed by atoms with Crippen LogP contribution in [0.25, 0.3) is 0 Å². The molecule has 0 radical (unpaired) electrons. The number of hydrogen-bond acceptors (Lipinski definition) is 5. The molecule has 0 spiro atoms. The number of fused-ring (bicyclic) bond motifs is 2. The Hall–Kier alpha value is -2.02. The minimum Gasteiger partial charge on any atom is -0.454 e. The molecule has 0 saturated heterocycles. The Morgan fingerprint density at radius 2 is 1.84 bits per heavy atom. The van der Waals surface area contributed by atoms with Gasteiger partial charge in [0.15, 0.2) is 6.61 Å². The van der Waals surface area contributed by atoms with Crippen LogP contribution in [-0.4, -0.2) is 31.7 Å². The lowest BCUT2D eigenvalue weighted by Gasteiger charge is -2.31. The van der Waals surface area contributed by atoms with Gasteiger partial charge in [0.25, 0.3) is 5.91 Å². The molecule has 1 aliphatic heterocycles. The zero-order valence-corrected chi connectivity index (χ0v) is 15.1. The van der Waals surface area contributed by atoms with Gasteiger partial charge in [-0.2, -0.15) is 0 Å². The van der Waals surface area contributed by atoms with E-state index in [1.54, 1.807) is 35.7 Å². The lowest BCUT2D eigenvalue weighted by Crippen LogP contribution is -2.33. The summed E-state index contributed by atoms with van der Waals surface area (Å²) in [5, 5.41) is 0.532. The van der Waals surface area contributed by atoms with Crippen molar-refractivity contribution in [3.8, 4) is 0 Å². The van der Waals surface area contributed by atoms with Gasteiger partial charge < -0.3 is 9.47 Å². The first-order valence-electron chi connectivity index (χ1n) is 7.73. The highest BCUT2D eigenvalue weighted by atomic mass is 35.5. The van der Waals surface area contributed by atoms with E-state index < -0.39 is 5.97 Å². The molecule has 130 valence electrons. The Morgan fingerprint density at radius 1 is 1.08 bits per heavy atom. The topological polar surface area (TPSA) is 55.8 Å². The number of benzene rings is 2. The summed E-state index contributed by atoms with van der Waals surface area (Å²) < 4.78 is 10.0. The normalized spacial score (nSPS) is 12.3. The molecule has 5 nitrogen and oxygen atoms in total. The predicted octanol–water partition coefficient (Wildman–Crippen LogP) is 4.05. The Bertz CT molecular complexity index is 811. The number of anilines is 2. The minimum absolute atomic E-state index is 0.168. The van der Waals surface area contributed by atoms with Crippen LogP contribution in [0.5, 0.6) is 0 Å². The number of carbonyl (C=O) groups excluding carboxylic acids is 2. The zero-order chi connectivity index (χ0) is 17.8. The van der Waals surface area contributed by atoms with Gasteiger partial charge in [-0.3, -0.25) is 9.69 Å². The summed E-state index contributed by atoms with van der Waals surface area (Å²) in [5.41, 5.74) is 1.43. The number of nitrogens with zero attached hydrogens (tertiary/aromatic N) is 1. The monoisotopic (exact) mass is 377 g/mol. The SMILES string of the molecule is CCOCC(=O)OCC(=O)N1c2ccccc2Sc2ccc(Cl)cc21. The Labute approximate surface area is 154 Å². The molecule has 2 aromatic rings. The van der Waals surface area contributed by atoms with Crippen LogP contribution in [0.15, 0.2) is 52.3 Å². The number of ether oxygens (including phenoxy) is 2. The third kappa shape index (κ3) is 3.98. The van der Waals surface area contributed by atoms with E-state index in [0.717, 1.165) is 15.5 Å². The summed E-state index contributed by atoms with van der Waals surface area (Å²) in [5.74, 6) is -0.915. The van der Waals surface area contributed by atoms with Crippen molar-refractivity contribution in [2.75, 3.05) is 24.7 Å². The van der Waals surface area contributed by atoms with Crippen LogP contribution in [0.2, 0.25) is 5.02 Å². The van der Waals surface area contributed by atoms with Crippen molar-refractivity contribution < 1.29 is 19.1 Å². The van der Waals surface area contributed by atoms with Gasteiger partial charge in [-0.15, -0.1) is 0 Å². The fourth-order valence-electron chi connectivity index (χ4n) is 2.43. The van der Waals surface area contributed by atoms with Gasteiger partial charge in [-0.1, -0.05) is 35.5 Å². The van der Waals surface area contributed by atoms with Crippen LogP contribution in [-0.2, 0) is 19.1 Å². The van der Waals surface area contributed by atoms with E-state index in [-0.39, 0.29) is 19.1 Å². The van der Waals surface area contributed by atoms with E-state index in [4.69, 9.17) is 21.1 Å². The van der Waals surface area contributed by atoms with E-state index in [1.807, 2.05) is 30.3 Å². The molecule has 1 heterocycles. The molecule has 1 aliphatic rings. The highest BCUT2D eigenvalue weighted by Gasteiger charge is 2.28. The Balaban J connectivity index is 1.86. The molecule has 0 fully saturated rings. The van der Waals surface area contributed by atoms with Gasteiger partial charge in [0.2, 0.25) is 0 Å². The van der Waals surface area contributed by atoms with Crippen molar-refractivity contribution in [1.29, 1.82) is 0 Å². The second kappa shape index (κ2) is 7.91. The van der Waals surface area contributed by atoms with Crippen LogP contribution in [0, 0.1) is 0 Å². The molecular weight excluding hydrogens is 362 g/mol. The van der Waals surface area contributed by atoms with Crippen LogP contribution in [0.1, 0.15) is 6.92 Å². The molecule has 3 rings (SSSR count). The second-order valence-corrected chi connectivity index (χ2v) is 6.73. The fraction of sp³-hybridized carbons (Fsp3) is 0.222. The maximum atomic E-state index is 12.8. The lowest BCUT2D eigenvalue weighted by atomic mass is 10.2. The van der Waals surface area contributed by atoms with E-state index in [0.29, 0.717) is 17.3 Å². The largest absolute Gasteiger partial charge is 0.454 e. The van der Waals surface area contributed by atoms with E-state index in [9.17, 15) is 9.59 Å². The van der Waals surface area contributed by atoms with Gasteiger partial charge in [0.1, 0.15) is 6.61 Å². The van der Waals surface area contributed by atoms with Crippen LogP contribution < -0.4 is 4.90 Å². The maximum Gasteiger partial charge on any atom is 0.332 e. The van der Waals surface area contributed by atoms with Gasteiger partial charge in [0, 0.05) is 21.4 Å². The van der Waals surface area contributed by atoms with Crippen molar-refractivity contribution in [2.45, 2.75) is 16.7 Å². The van der Waals surface area contributed by atoms with Crippen molar-refractivity contribution >= 4 is 46.6 Å². The molecule has 0 aliphatic carbocycles. The van der Waals surface area contributed by atoms with Crippen LogP contribution in [0.3, 0.4) is 0 Å². The summed E-state index contributed by atoms with van der Waals surface area (Å²) >= 11 is 7.68. The van der Waals surface area contributed by atoms with Crippen molar-refractivity contribution in [3.05, 3.63) is 47.5 Å². The highest BCUT2D eigenvalue weighted by molar-refractivity contribution is 7.99. The Kier molecular flexibility index (Phi) is 5.63. The molecule has 0 bridgehead atoms. The molecule has 0 atom stereocenters. The number of hydrogen-bond donors (Lipinski definition) is 0. The quantitative estimate of drug-likeness (QED) is 0.736. The second-order valence-electron chi connectivity index (χ2n) is 5.21. The third-order valence-corrected chi connectivity index (χ3v) is 4.88. The summed E-state index contributed by atoms with van der Waals surface area (Å²) in [6.07, 6.45) is 0. The highest BCUT2D eigenvalue weighted by Crippen LogP contribution is 2.48. The summed E-state index contributed by atoms with van der Waals surface area (Å²) in [6.45, 7) is 1.66. The standard InChI is InChI=1S/C18H16ClNO4S/c1-2-23-11-18(22)24-10-17(21)20-13-5-3-4-6-15(13)25-16-8-7-12(19)9-14(16)20/h3-9H,2,10-11H2,1H3. The first kappa shape index (κ1) is 17.8. The summed E-state index contributed by atoms with van der Waals surface area (Å²) in [4.78, 5) is 27.8. The maximum absolute atomic E-state index is 12.8. The van der Waals surface area contributed by atoms with Crippen LogP contribution >= 0.6 is 23.4 Å². The molecule has 2 aromatic carbocycles. The Morgan fingerprint density at radius 3 is 2.64 bits per heavy atom. The number of carbonyl (C=O) groups is 2. The zero-order valence-electron chi connectivity index (χ0n) is 13.5. The number of halogens is 1. The first-order chi connectivity index (χ1) is 12.1. The van der Waals surface area contributed by atoms with Gasteiger partial charge in [-0.05, 0) is 37.3 Å². The predicted molar refractivity (Wildman–Crippen MR) is 96.6 cm³/mol. The average molecular weight is 378 g/mol. The lowest BCUT2D eigenvalue weighted by molar-refractivity contribution is -0.152. The van der Waals surface area contributed by atoms with Crippen LogP contribution in [0.4, 0.5) is 11.4 Å². The van der Waals surface area contributed by atoms with Crippen molar-refractivity contribution in [2.24, 2.45) is 0 Å². The summed E-state index contributed by atoms with van der Waals surface area (Å²) in [6, 6.07) is 13.0. The van der Waals surface area contributed by atoms with E-state index >= 15 is 0 Å². The average Bonchev–Trinajstić information content (AvgIpc) is 2.62. The molecular formula is C18H16ClNO4S. The number of amides is 1. The molecule has 7 heteroatoms.